The van der Waals surface area contributed by atoms with E-state index in [0.29, 0.717) is 0 Å². The van der Waals surface area contributed by atoms with Gasteiger partial charge in [0.25, 0.3) is 0 Å². The van der Waals surface area contributed by atoms with Crippen molar-refractivity contribution in [2.75, 3.05) is 0 Å². The first-order chi connectivity index (χ1) is 5.00. The SMILES string of the molecule is O=S(=O)(O)c1ccnc(Br)n1. The second-order valence-electron chi connectivity index (χ2n) is 1.64. The Morgan fingerprint density at radius 3 is 2.55 bits per heavy atom. The second-order valence-corrected chi connectivity index (χ2v) is 3.72. The molecule has 1 aromatic heterocycles. The minimum absolute atomic E-state index is 0.118. The molecule has 0 spiro atoms. The van der Waals surface area contributed by atoms with Gasteiger partial charge in [0.15, 0.2) is 9.76 Å². The predicted molar refractivity (Wildman–Crippen MR) is 39.5 cm³/mol. The zero-order valence-electron chi connectivity index (χ0n) is 5.10. The van der Waals surface area contributed by atoms with Crippen molar-refractivity contribution in [2.45, 2.75) is 5.03 Å². The molecular formula is C4H3BrN2O3S. The Labute approximate surface area is 71.4 Å². The minimum Gasteiger partial charge on any atom is -0.281 e. The Kier molecular flexibility index (Phi) is 2.21. The normalized spacial score (nSPS) is 11.5. The second kappa shape index (κ2) is 2.84. The van der Waals surface area contributed by atoms with Crippen LogP contribution < -0.4 is 0 Å². The molecule has 0 aliphatic rings. The molecule has 1 aromatic rings. The predicted octanol–water partition coefficient (Wildman–Crippen LogP) is 0.486. The van der Waals surface area contributed by atoms with Gasteiger partial charge < -0.3 is 0 Å². The van der Waals surface area contributed by atoms with E-state index >= 15 is 0 Å². The van der Waals surface area contributed by atoms with E-state index in [4.69, 9.17) is 4.55 Å². The Balaban J connectivity index is 3.28. The average Bonchev–Trinajstić information content (AvgIpc) is 1.86. The van der Waals surface area contributed by atoms with E-state index in [9.17, 15) is 8.42 Å². The molecule has 0 amide bonds. The lowest BCUT2D eigenvalue weighted by Gasteiger charge is -1.93. The van der Waals surface area contributed by atoms with E-state index < -0.39 is 15.1 Å². The Morgan fingerprint density at radius 1 is 1.55 bits per heavy atom. The quantitative estimate of drug-likeness (QED) is 0.438. The smallest absolute Gasteiger partial charge is 0.281 e. The van der Waals surface area contributed by atoms with Gasteiger partial charge in [-0.2, -0.15) is 8.42 Å². The molecular weight excluding hydrogens is 236 g/mol. The van der Waals surface area contributed by atoms with Crippen LogP contribution in [0.3, 0.4) is 0 Å². The summed E-state index contributed by atoms with van der Waals surface area (Å²) in [6.45, 7) is 0. The van der Waals surface area contributed by atoms with Gasteiger partial charge in [-0.1, -0.05) is 0 Å². The number of aromatic nitrogens is 2. The van der Waals surface area contributed by atoms with Crippen LogP contribution in [0.1, 0.15) is 0 Å². The van der Waals surface area contributed by atoms with Gasteiger partial charge in [0, 0.05) is 6.20 Å². The topological polar surface area (TPSA) is 80.2 Å². The molecule has 0 unspecified atom stereocenters. The van der Waals surface area contributed by atoms with E-state index in [2.05, 4.69) is 25.9 Å². The lowest BCUT2D eigenvalue weighted by Crippen LogP contribution is -2.01. The third kappa shape index (κ3) is 2.21. The summed E-state index contributed by atoms with van der Waals surface area (Å²) in [5.41, 5.74) is 0. The molecule has 1 rings (SSSR count). The van der Waals surface area contributed by atoms with Crippen LogP contribution in [0, 0.1) is 0 Å². The zero-order valence-corrected chi connectivity index (χ0v) is 7.50. The molecule has 0 bridgehead atoms. The molecule has 0 aliphatic heterocycles. The van der Waals surface area contributed by atoms with Gasteiger partial charge in [0.1, 0.15) is 0 Å². The van der Waals surface area contributed by atoms with Gasteiger partial charge in [-0.25, -0.2) is 9.97 Å². The number of nitrogens with zero attached hydrogens (tertiary/aromatic N) is 2. The summed E-state index contributed by atoms with van der Waals surface area (Å²) < 4.78 is 29.5. The summed E-state index contributed by atoms with van der Waals surface area (Å²) >= 11 is 2.86. The Bertz CT molecular complexity index is 363. The highest BCUT2D eigenvalue weighted by Crippen LogP contribution is 2.06. The van der Waals surface area contributed by atoms with Crippen molar-refractivity contribution >= 4 is 26.0 Å². The molecule has 7 heteroatoms. The van der Waals surface area contributed by atoms with Crippen molar-refractivity contribution in [3.63, 3.8) is 0 Å². The lowest BCUT2D eigenvalue weighted by atomic mass is 10.7. The fourth-order valence-corrected chi connectivity index (χ4v) is 1.32. The highest BCUT2D eigenvalue weighted by molar-refractivity contribution is 9.10. The first-order valence-electron chi connectivity index (χ1n) is 2.46. The number of rotatable bonds is 1. The number of hydrogen-bond acceptors (Lipinski definition) is 4. The molecule has 0 radical (unpaired) electrons. The summed E-state index contributed by atoms with van der Waals surface area (Å²) in [6.07, 6.45) is 1.22. The highest BCUT2D eigenvalue weighted by Gasteiger charge is 2.10. The fraction of sp³-hybridized carbons (Fsp3) is 0. The molecule has 0 aromatic carbocycles. The first kappa shape index (κ1) is 8.57. The zero-order chi connectivity index (χ0) is 8.48. The third-order valence-corrected chi connectivity index (χ3v) is 2.00. The molecule has 0 fully saturated rings. The van der Waals surface area contributed by atoms with Gasteiger partial charge in [0.05, 0.1) is 0 Å². The first-order valence-corrected chi connectivity index (χ1v) is 4.69. The van der Waals surface area contributed by atoms with Gasteiger partial charge in [-0.05, 0) is 22.0 Å². The summed E-state index contributed by atoms with van der Waals surface area (Å²) in [7, 11) is -4.21. The van der Waals surface area contributed by atoms with E-state index in [1.807, 2.05) is 0 Å². The van der Waals surface area contributed by atoms with Crippen LogP contribution in [0.5, 0.6) is 0 Å². The molecule has 5 nitrogen and oxygen atoms in total. The molecule has 0 saturated heterocycles. The molecule has 0 atom stereocenters. The molecule has 60 valence electrons. The third-order valence-electron chi connectivity index (χ3n) is 0.865. The van der Waals surface area contributed by atoms with Crippen LogP contribution >= 0.6 is 15.9 Å². The van der Waals surface area contributed by atoms with Gasteiger partial charge in [-0.15, -0.1) is 0 Å². The monoisotopic (exact) mass is 238 g/mol. The molecule has 11 heavy (non-hydrogen) atoms. The molecule has 1 N–H and O–H groups in total. The maximum absolute atomic E-state index is 10.4. The summed E-state index contributed by atoms with van der Waals surface area (Å²) in [6, 6.07) is 1.10. The van der Waals surface area contributed by atoms with E-state index in [1.54, 1.807) is 0 Å². The highest BCUT2D eigenvalue weighted by atomic mass is 79.9. The maximum atomic E-state index is 10.4. The van der Waals surface area contributed by atoms with Crippen LogP contribution in [-0.2, 0) is 10.1 Å². The molecule has 0 saturated carbocycles. The van der Waals surface area contributed by atoms with Crippen molar-refractivity contribution in [1.82, 2.24) is 9.97 Å². The maximum Gasteiger partial charge on any atom is 0.312 e. The molecule has 0 aliphatic carbocycles. The van der Waals surface area contributed by atoms with Crippen molar-refractivity contribution in [3.8, 4) is 0 Å². The Hall–Kier alpha value is -0.530. The van der Waals surface area contributed by atoms with Crippen LogP contribution in [0.25, 0.3) is 0 Å². The van der Waals surface area contributed by atoms with Crippen molar-refractivity contribution in [2.24, 2.45) is 0 Å². The standard InChI is InChI=1S/C4H3BrN2O3S/c5-4-6-2-1-3(7-4)11(8,9)10/h1-2H,(H,8,9,10). The Morgan fingerprint density at radius 2 is 2.18 bits per heavy atom. The fourth-order valence-electron chi connectivity index (χ4n) is 0.463. The van der Waals surface area contributed by atoms with Gasteiger partial charge in [0.2, 0.25) is 0 Å². The summed E-state index contributed by atoms with van der Waals surface area (Å²) in [5.74, 6) is 0. The summed E-state index contributed by atoms with van der Waals surface area (Å²) in [4.78, 5) is 7.00. The van der Waals surface area contributed by atoms with Crippen molar-refractivity contribution in [3.05, 3.63) is 17.0 Å². The number of halogens is 1. The van der Waals surface area contributed by atoms with Crippen LogP contribution in [0.4, 0.5) is 0 Å². The van der Waals surface area contributed by atoms with Crippen LogP contribution in [0.2, 0.25) is 0 Å². The van der Waals surface area contributed by atoms with Crippen LogP contribution in [-0.4, -0.2) is 22.9 Å². The molecule has 1 heterocycles. The lowest BCUT2D eigenvalue weighted by molar-refractivity contribution is 0.478. The van der Waals surface area contributed by atoms with E-state index in [0.717, 1.165) is 6.07 Å². The van der Waals surface area contributed by atoms with Crippen molar-refractivity contribution < 1.29 is 13.0 Å². The summed E-state index contributed by atoms with van der Waals surface area (Å²) in [5, 5.41) is -0.417. The number of hydrogen-bond donors (Lipinski definition) is 1. The van der Waals surface area contributed by atoms with E-state index in [-0.39, 0.29) is 4.73 Å². The van der Waals surface area contributed by atoms with E-state index in [1.165, 1.54) is 6.20 Å². The largest absolute Gasteiger partial charge is 0.312 e. The van der Waals surface area contributed by atoms with Crippen molar-refractivity contribution in [1.29, 1.82) is 0 Å². The van der Waals surface area contributed by atoms with Gasteiger partial charge >= 0.3 is 10.1 Å². The van der Waals surface area contributed by atoms with Crippen LogP contribution in [0.15, 0.2) is 22.0 Å². The van der Waals surface area contributed by atoms with Gasteiger partial charge in [-0.3, -0.25) is 4.55 Å². The average molecular weight is 239 g/mol. The minimum atomic E-state index is -4.21.